The maximum atomic E-state index is 6.12. The summed E-state index contributed by atoms with van der Waals surface area (Å²) in [5, 5.41) is 4.78. The van der Waals surface area contributed by atoms with Crippen LogP contribution in [0, 0.1) is 0 Å². The highest BCUT2D eigenvalue weighted by atomic mass is 79.9. The summed E-state index contributed by atoms with van der Waals surface area (Å²) in [6.07, 6.45) is 0. The van der Waals surface area contributed by atoms with E-state index in [1.165, 1.54) is 21.8 Å². The van der Waals surface area contributed by atoms with Crippen LogP contribution in [0.4, 0.5) is 0 Å². The summed E-state index contributed by atoms with van der Waals surface area (Å²) in [5.41, 5.74) is 5.31. The lowest BCUT2D eigenvalue weighted by atomic mass is 10.1. The van der Waals surface area contributed by atoms with Crippen LogP contribution >= 0.6 is 15.9 Å². The smallest absolute Gasteiger partial charge is 0.137 e. The molecule has 4 aromatic carbocycles. The van der Waals surface area contributed by atoms with Gasteiger partial charge in [-0.3, -0.25) is 0 Å². The largest absolute Gasteiger partial charge is 0.456 e. The van der Waals surface area contributed by atoms with Crippen molar-refractivity contribution in [2.75, 3.05) is 0 Å². The minimum Gasteiger partial charge on any atom is -0.456 e. The number of furan rings is 1. The van der Waals surface area contributed by atoms with E-state index in [1.54, 1.807) is 0 Å². The molecule has 0 saturated heterocycles. The van der Waals surface area contributed by atoms with Crippen molar-refractivity contribution >= 4 is 59.7 Å². The predicted molar refractivity (Wildman–Crippen MR) is 116 cm³/mol. The second-order valence-corrected chi connectivity index (χ2v) is 7.62. The number of benzene rings is 4. The number of para-hydroxylation sites is 2. The number of halogens is 1. The van der Waals surface area contributed by atoms with Crippen molar-refractivity contribution in [3.8, 4) is 5.69 Å². The van der Waals surface area contributed by atoms with Gasteiger partial charge in [0.2, 0.25) is 0 Å². The summed E-state index contributed by atoms with van der Waals surface area (Å²) in [6.45, 7) is 0. The predicted octanol–water partition coefficient (Wildman–Crippen LogP) is 7.45. The number of aromatic nitrogens is 1. The van der Waals surface area contributed by atoms with Crippen LogP contribution in [0.5, 0.6) is 0 Å². The van der Waals surface area contributed by atoms with Gasteiger partial charge in [-0.25, -0.2) is 0 Å². The van der Waals surface area contributed by atoms with E-state index < -0.39 is 0 Å². The third-order valence-electron chi connectivity index (χ3n) is 5.27. The average Bonchev–Trinajstić information content (AvgIpc) is 3.23. The summed E-state index contributed by atoms with van der Waals surface area (Å²) in [6, 6.07) is 29.6. The van der Waals surface area contributed by atoms with E-state index in [4.69, 9.17) is 4.42 Å². The Hall–Kier alpha value is -3.04. The van der Waals surface area contributed by atoms with Gasteiger partial charge in [-0.1, -0.05) is 58.4 Å². The maximum absolute atomic E-state index is 6.12. The molecule has 0 unspecified atom stereocenters. The van der Waals surface area contributed by atoms with Crippen molar-refractivity contribution in [1.29, 1.82) is 0 Å². The number of nitrogens with zero attached hydrogens (tertiary/aromatic N) is 1. The van der Waals surface area contributed by atoms with Gasteiger partial charge in [-0.2, -0.15) is 0 Å². The molecule has 2 aromatic heterocycles. The van der Waals surface area contributed by atoms with Crippen molar-refractivity contribution in [2.45, 2.75) is 0 Å². The van der Waals surface area contributed by atoms with Gasteiger partial charge in [0.25, 0.3) is 0 Å². The van der Waals surface area contributed by atoms with Gasteiger partial charge in [-0.15, -0.1) is 0 Å². The molecule has 0 radical (unpaired) electrons. The fourth-order valence-corrected chi connectivity index (χ4v) is 4.68. The SMILES string of the molecule is Brc1cccc2c1c1ccccc1n2-c1ccc2c(c1)oc1ccccc12. The Kier molecular flexibility index (Phi) is 3.06. The standard InChI is InChI=1S/C24H14BrNO/c25-19-8-5-10-21-24(19)18-7-1-3-9-20(18)26(21)15-12-13-17-16-6-2-4-11-22(16)27-23(17)14-15/h1-14H. The minimum atomic E-state index is 0.912. The molecule has 0 N–H and O–H groups in total. The third-order valence-corrected chi connectivity index (χ3v) is 5.93. The van der Waals surface area contributed by atoms with E-state index in [2.05, 4.69) is 93.3 Å². The second-order valence-electron chi connectivity index (χ2n) is 6.77. The molecule has 0 fully saturated rings. The van der Waals surface area contributed by atoms with E-state index in [0.717, 1.165) is 32.1 Å². The topological polar surface area (TPSA) is 18.1 Å². The van der Waals surface area contributed by atoms with Crippen LogP contribution < -0.4 is 0 Å². The summed E-state index contributed by atoms with van der Waals surface area (Å²) in [4.78, 5) is 0. The van der Waals surface area contributed by atoms with E-state index in [1.807, 2.05) is 12.1 Å². The van der Waals surface area contributed by atoms with E-state index in [-0.39, 0.29) is 0 Å². The van der Waals surface area contributed by atoms with Gasteiger partial charge in [-0.05, 0) is 36.4 Å². The zero-order valence-electron chi connectivity index (χ0n) is 14.3. The first kappa shape index (κ1) is 15.1. The van der Waals surface area contributed by atoms with Crippen molar-refractivity contribution in [2.24, 2.45) is 0 Å². The monoisotopic (exact) mass is 411 g/mol. The van der Waals surface area contributed by atoms with Crippen molar-refractivity contribution in [3.05, 3.63) is 89.4 Å². The maximum Gasteiger partial charge on any atom is 0.137 e. The van der Waals surface area contributed by atoms with Crippen molar-refractivity contribution < 1.29 is 4.42 Å². The normalized spacial score (nSPS) is 11.9. The number of hydrogen-bond acceptors (Lipinski definition) is 1. The average molecular weight is 412 g/mol. The van der Waals surface area contributed by atoms with Crippen LogP contribution in [0.2, 0.25) is 0 Å². The van der Waals surface area contributed by atoms with E-state index >= 15 is 0 Å². The quantitative estimate of drug-likeness (QED) is 0.274. The Morgan fingerprint density at radius 3 is 2.30 bits per heavy atom. The summed E-state index contributed by atoms with van der Waals surface area (Å²) in [5.74, 6) is 0. The van der Waals surface area contributed by atoms with Gasteiger partial charge in [0, 0.05) is 37.8 Å². The lowest BCUT2D eigenvalue weighted by molar-refractivity contribution is 0.668. The van der Waals surface area contributed by atoms with Crippen molar-refractivity contribution in [1.82, 2.24) is 4.57 Å². The molecule has 27 heavy (non-hydrogen) atoms. The Morgan fingerprint density at radius 1 is 0.630 bits per heavy atom. The van der Waals surface area contributed by atoms with Gasteiger partial charge < -0.3 is 8.98 Å². The molecule has 2 nitrogen and oxygen atoms in total. The first-order valence-corrected chi connectivity index (χ1v) is 9.70. The molecule has 6 aromatic rings. The number of fused-ring (bicyclic) bond motifs is 6. The van der Waals surface area contributed by atoms with E-state index in [0.29, 0.717) is 0 Å². The van der Waals surface area contributed by atoms with Crippen LogP contribution in [0.15, 0.2) is 93.8 Å². The molecule has 128 valence electrons. The zero-order chi connectivity index (χ0) is 18.0. The van der Waals surface area contributed by atoms with Gasteiger partial charge in [0.1, 0.15) is 11.2 Å². The number of hydrogen-bond donors (Lipinski definition) is 0. The molecule has 0 aliphatic carbocycles. The Bertz CT molecular complexity index is 1490. The number of rotatable bonds is 1. The Morgan fingerprint density at radius 2 is 1.37 bits per heavy atom. The lowest BCUT2D eigenvalue weighted by Crippen LogP contribution is -1.93. The lowest BCUT2D eigenvalue weighted by Gasteiger charge is -2.07. The molecular weight excluding hydrogens is 398 g/mol. The highest BCUT2D eigenvalue weighted by Gasteiger charge is 2.15. The summed E-state index contributed by atoms with van der Waals surface area (Å²) >= 11 is 3.74. The van der Waals surface area contributed by atoms with Gasteiger partial charge in [0.05, 0.1) is 11.0 Å². The minimum absolute atomic E-state index is 0.912. The molecule has 0 aliphatic heterocycles. The molecule has 0 amide bonds. The second kappa shape index (κ2) is 5.48. The fourth-order valence-electron chi connectivity index (χ4n) is 4.11. The van der Waals surface area contributed by atoms with Gasteiger partial charge in [0.15, 0.2) is 0 Å². The molecule has 0 bridgehead atoms. The van der Waals surface area contributed by atoms with E-state index in [9.17, 15) is 0 Å². The third kappa shape index (κ3) is 2.06. The molecule has 0 spiro atoms. The molecular formula is C24H14BrNO. The Labute approximate surface area is 163 Å². The van der Waals surface area contributed by atoms with Crippen LogP contribution in [0.3, 0.4) is 0 Å². The molecule has 0 atom stereocenters. The fraction of sp³-hybridized carbons (Fsp3) is 0. The van der Waals surface area contributed by atoms with Crippen LogP contribution in [0.25, 0.3) is 49.4 Å². The van der Waals surface area contributed by atoms with Crippen LogP contribution in [0.1, 0.15) is 0 Å². The first-order valence-electron chi connectivity index (χ1n) is 8.90. The Balaban J connectivity index is 1.74. The van der Waals surface area contributed by atoms with Gasteiger partial charge >= 0.3 is 0 Å². The van der Waals surface area contributed by atoms with Crippen molar-refractivity contribution in [3.63, 3.8) is 0 Å². The molecule has 0 saturated carbocycles. The summed E-state index contributed by atoms with van der Waals surface area (Å²) in [7, 11) is 0. The first-order chi connectivity index (χ1) is 13.3. The molecule has 3 heteroatoms. The highest BCUT2D eigenvalue weighted by molar-refractivity contribution is 9.10. The van der Waals surface area contributed by atoms with Crippen LogP contribution in [-0.4, -0.2) is 4.57 Å². The molecule has 6 rings (SSSR count). The van der Waals surface area contributed by atoms with Crippen LogP contribution in [-0.2, 0) is 0 Å². The zero-order valence-corrected chi connectivity index (χ0v) is 15.9. The summed E-state index contributed by atoms with van der Waals surface area (Å²) < 4.78 is 9.53. The molecule has 2 heterocycles. The molecule has 0 aliphatic rings. The highest BCUT2D eigenvalue weighted by Crippen LogP contribution is 2.37.